The summed E-state index contributed by atoms with van der Waals surface area (Å²) in [6.07, 6.45) is 2.66. The molecule has 2 rings (SSSR count). The van der Waals surface area contributed by atoms with Crippen LogP contribution in [0.2, 0.25) is 0 Å². The lowest BCUT2D eigenvalue weighted by molar-refractivity contribution is 0.102. The number of rotatable bonds is 6. The molecule has 4 nitrogen and oxygen atoms in total. The molecule has 1 heterocycles. The average Bonchev–Trinajstić information content (AvgIpc) is 2.79. The van der Waals surface area contributed by atoms with Gasteiger partial charge in [0, 0.05) is 12.1 Å². The molecule has 0 N–H and O–H groups in total. The molecule has 0 aliphatic rings. The van der Waals surface area contributed by atoms with E-state index in [0.29, 0.717) is 17.0 Å². The molecule has 1 aromatic carbocycles. The Kier molecular flexibility index (Phi) is 5.17. The smallest absolute Gasteiger partial charge is 0.212 e. The molecule has 0 spiro atoms. The molecule has 0 bridgehead atoms. The zero-order valence-corrected chi connectivity index (χ0v) is 14.1. The second-order valence-electron chi connectivity index (χ2n) is 5.09. The molecule has 0 radical (unpaired) electrons. The zero-order valence-electron chi connectivity index (χ0n) is 12.5. The van der Waals surface area contributed by atoms with Gasteiger partial charge < -0.3 is 4.74 Å². The SMILES string of the molecule is CCCn1ncc(Br)c1C(=O)c1cccc(OC(C)C)c1. The number of carbonyl (C=O) groups excluding carboxylic acids is 1. The quantitative estimate of drug-likeness (QED) is 0.737. The maximum atomic E-state index is 12.7. The number of hydrogen-bond acceptors (Lipinski definition) is 3. The van der Waals surface area contributed by atoms with Crippen molar-refractivity contribution >= 4 is 21.7 Å². The van der Waals surface area contributed by atoms with Crippen LogP contribution in [0.1, 0.15) is 43.2 Å². The Morgan fingerprint density at radius 2 is 2.19 bits per heavy atom. The van der Waals surface area contributed by atoms with Gasteiger partial charge in [-0.05, 0) is 48.3 Å². The molecule has 21 heavy (non-hydrogen) atoms. The molecular weight excluding hydrogens is 332 g/mol. The van der Waals surface area contributed by atoms with Gasteiger partial charge in [-0.15, -0.1) is 0 Å². The molecule has 0 fully saturated rings. The summed E-state index contributed by atoms with van der Waals surface area (Å²) in [5, 5.41) is 4.24. The number of halogens is 1. The van der Waals surface area contributed by atoms with Crippen molar-refractivity contribution in [3.05, 3.63) is 46.2 Å². The van der Waals surface area contributed by atoms with Crippen LogP contribution >= 0.6 is 15.9 Å². The first-order valence-electron chi connectivity index (χ1n) is 7.05. The highest BCUT2D eigenvalue weighted by atomic mass is 79.9. The maximum Gasteiger partial charge on any atom is 0.212 e. The van der Waals surface area contributed by atoms with Gasteiger partial charge >= 0.3 is 0 Å². The highest BCUT2D eigenvalue weighted by Gasteiger charge is 2.19. The van der Waals surface area contributed by atoms with E-state index in [1.165, 1.54) is 0 Å². The van der Waals surface area contributed by atoms with E-state index in [1.807, 2.05) is 26.0 Å². The van der Waals surface area contributed by atoms with Crippen molar-refractivity contribution in [2.24, 2.45) is 0 Å². The summed E-state index contributed by atoms with van der Waals surface area (Å²) in [5.74, 6) is 0.649. The van der Waals surface area contributed by atoms with Crippen molar-refractivity contribution < 1.29 is 9.53 Å². The van der Waals surface area contributed by atoms with Crippen LogP contribution in [-0.2, 0) is 6.54 Å². The van der Waals surface area contributed by atoms with Crippen LogP contribution in [0.4, 0.5) is 0 Å². The second-order valence-corrected chi connectivity index (χ2v) is 5.94. The summed E-state index contributed by atoms with van der Waals surface area (Å²) in [5.41, 5.74) is 1.19. The lowest BCUT2D eigenvalue weighted by atomic mass is 10.1. The summed E-state index contributed by atoms with van der Waals surface area (Å²) in [6.45, 7) is 6.69. The molecular formula is C16H19BrN2O2. The molecule has 0 saturated heterocycles. The number of benzene rings is 1. The zero-order chi connectivity index (χ0) is 15.4. The Balaban J connectivity index is 2.34. The van der Waals surface area contributed by atoms with Gasteiger partial charge in [-0.3, -0.25) is 9.48 Å². The van der Waals surface area contributed by atoms with Crippen LogP contribution in [0, 0.1) is 0 Å². The van der Waals surface area contributed by atoms with Gasteiger partial charge in [-0.1, -0.05) is 19.1 Å². The molecule has 0 aliphatic heterocycles. The van der Waals surface area contributed by atoms with E-state index >= 15 is 0 Å². The Morgan fingerprint density at radius 3 is 2.86 bits per heavy atom. The molecule has 0 unspecified atom stereocenters. The fraction of sp³-hybridized carbons (Fsp3) is 0.375. The lowest BCUT2D eigenvalue weighted by Crippen LogP contribution is -2.12. The summed E-state index contributed by atoms with van der Waals surface area (Å²) < 4.78 is 8.10. The average molecular weight is 351 g/mol. The van der Waals surface area contributed by atoms with Crippen molar-refractivity contribution in [2.75, 3.05) is 0 Å². The van der Waals surface area contributed by atoms with Crippen molar-refractivity contribution in [1.29, 1.82) is 0 Å². The van der Waals surface area contributed by atoms with E-state index in [2.05, 4.69) is 28.0 Å². The van der Waals surface area contributed by atoms with Crippen molar-refractivity contribution in [3.63, 3.8) is 0 Å². The van der Waals surface area contributed by atoms with E-state index in [-0.39, 0.29) is 11.9 Å². The number of nitrogens with zero attached hydrogens (tertiary/aromatic N) is 2. The standard InChI is InChI=1S/C16H19BrN2O2/c1-4-8-19-15(14(17)10-18-19)16(20)12-6-5-7-13(9-12)21-11(2)3/h5-7,9-11H,4,8H2,1-3H3. The van der Waals surface area contributed by atoms with Crippen LogP contribution in [-0.4, -0.2) is 21.7 Å². The van der Waals surface area contributed by atoms with Crippen LogP contribution in [0.3, 0.4) is 0 Å². The monoisotopic (exact) mass is 350 g/mol. The molecule has 112 valence electrons. The molecule has 2 aromatic rings. The first kappa shape index (κ1) is 15.8. The predicted octanol–water partition coefficient (Wildman–Crippen LogP) is 4.07. The van der Waals surface area contributed by atoms with Gasteiger partial charge in [0.15, 0.2) is 0 Å². The topological polar surface area (TPSA) is 44.1 Å². The van der Waals surface area contributed by atoms with Crippen LogP contribution < -0.4 is 4.74 Å². The van der Waals surface area contributed by atoms with Gasteiger partial charge in [0.25, 0.3) is 0 Å². The summed E-state index contributed by atoms with van der Waals surface area (Å²) in [7, 11) is 0. The Hall–Kier alpha value is -1.62. The van der Waals surface area contributed by atoms with Crippen molar-refractivity contribution in [1.82, 2.24) is 9.78 Å². The molecule has 0 saturated carbocycles. The first-order valence-corrected chi connectivity index (χ1v) is 7.85. The third-order valence-corrected chi connectivity index (χ3v) is 3.49. The summed E-state index contributed by atoms with van der Waals surface area (Å²) in [4.78, 5) is 12.7. The van der Waals surface area contributed by atoms with Crippen LogP contribution in [0.5, 0.6) is 5.75 Å². The fourth-order valence-corrected chi connectivity index (χ4v) is 2.57. The minimum absolute atomic E-state index is 0.0537. The van der Waals surface area contributed by atoms with Gasteiger partial charge in [0.05, 0.1) is 16.8 Å². The number of ketones is 1. The predicted molar refractivity (Wildman–Crippen MR) is 85.9 cm³/mol. The van der Waals surface area contributed by atoms with E-state index in [9.17, 15) is 4.79 Å². The van der Waals surface area contributed by atoms with Crippen LogP contribution in [0.25, 0.3) is 0 Å². The van der Waals surface area contributed by atoms with E-state index in [1.54, 1.807) is 23.0 Å². The molecule has 0 amide bonds. The van der Waals surface area contributed by atoms with Crippen LogP contribution in [0.15, 0.2) is 34.9 Å². The third-order valence-electron chi connectivity index (χ3n) is 2.91. The first-order chi connectivity index (χ1) is 10.0. The molecule has 0 atom stereocenters. The van der Waals surface area contributed by atoms with Gasteiger partial charge in [-0.25, -0.2) is 0 Å². The lowest BCUT2D eigenvalue weighted by Gasteiger charge is -2.11. The molecule has 0 aliphatic carbocycles. The molecule has 1 aromatic heterocycles. The number of aryl methyl sites for hydroxylation is 1. The largest absolute Gasteiger partial charge is 0.491 e. The normalized spacial score (nSPS) is 10.9. The van der Waals surface area contributed by atoms with Crippen molar-refractivity contribution in [3.8, 4) is 5.75 Å². The van der Waals surface area contributed by atoms with Gasteiger partial charge in [0.2, 0.25) is 5.78 Å². The fourth-order valence-electron chi connectivity index (χ4n) is 2.09. The van der Waals surface area contributed by atoms with Crippen molar-refractivity contribution in [2.45, 2.75) is 39.8 Å². The minimum atomic E-state index is -0.0537. The highest BCUT2D eigenvalue weighted by Crippen LogP contribution is 2.23. The summed E-state index contributed by atoms with van der Waals surface area (Å²) >= 11 is 3.41. The maximum absolute atomic E-state index is 12.7. The minimum Gasteiger partial charge on any atom is -0.491 e. The van der Waals surface area contributed by atoms with E-state index in [0.717, 1.165) is 17.4 Å². The number of hydrogen-bond donors (Lipinski definition) is 0. The Morgan fingerprint density at radius 1 is 1.43 bits per heavy atom. The van der Waals surface area contributed by atoms with Gasteiger partial charge in [0.1, 0.15) is 11.4 Å². The highest BCUT2D eigenvalue weighted by molar-refractivity contribution is 9.10. The summed E-state index contributed by atoms with van der Waals surface area (Å²) in [6, 6.07) is 7.26. The third kappa shape index (κ3) is 3.73. The second kappa shape index (κ2) is 6.89. The van der Waals surface area contributed by atoms with E-state index in [4.69, 9.17) is 4.74 Å². The Bertz CT molecular complexity index is 635. The number of carbonyl (C=O) groups is 1. The molecule has 5 heteroatoms. The van der Waals surface area contributed by atoms with E-state index < -0.39 is 0 Å². The Labute approximate surface area is 133 Å². The van der Waals surface area contributed by atoms with Gasteiger partial charge in [-0.2, -0.15) is 5.10 Å². The number of ether oxygens (including phenoxy) is 1. The number of aromatic nitrogens is 2.